The summed E-state index contributed by atoms with van der Waals surface area (Å²) in [7, 11) is 0. The van der Waals surface area contributed by atoms with Gasteiger partial charge in [-0.3, -0.25) is 0 Å². The summed E-state index contributed by atoms with van der Waals surface area (Å²) in [4.78, 5) is 1.07. The predicted molar refractivity (Wildman–Crippen MR) is 53.2 cm³/mol. The van der Waals surface area contributed by atoms with Crippen molar-refractivity contribution in [3.63, 3.8) is 0 Å². The van der Waals surface area contributed by atoms with E-state index in [9.17, 15) is 0 Å². The third-order valence-electron chi connectivity index (χ3n) is 1.43. The van der Waals surface area contributed by atoms with Gasteiger partial charge in [0.05, 0.1) is 15.5 Å². The first-order chi connectivity index (χ1) is 5.79. The van der Waals surface area contributed by atoms with Crippen molar-refractivity contribution in [2.24, 2.45) is 5.73 Å². The van der Waals surface area contributed by atoms with Gasteiger partial charge in [0.15, 0.2) is 0 Å². The van der Waals surface area contributed by atoms with Crippen LogP contribution in [0.1, 0.15) is 17.9 Å². The molecule has 1 rings (SSSR count). The van der Waals surface area contributed by atoms with Gasteiger partial charge in [-0.25, -0.2) is 0 Å². The van der Waals surface area contributed by atoms with Gasteiger partial charge in [0, 0.05) is 13.2 Å². The molecule has 5 heteroatoms. The Morgan fingerprint density at radius 3 is 3.00 bits per heavy atom. The van der Waals surface area contributed by atoms with E-state index in [1.165, 1.54) is 11.5 Å². The highest BCUT2D eigenvalue weighted by atomic mass is 79.9. The van der Waals surface area contributed by atoms with Crippen LogP contribution in [0.4, 0.5) is 0 Å². The lowest BCUT2D eigenvalue weighted by Gasteiger charge is -2.12. The average molecular weight is 251 g/mol. The molecule has 1 aromatic heterocycles. The molecule has 0 aliphatic rings. The van der Waals surface area contributed by atoms with Crippen molar-refractivity contribution < 1.29 is 4.74 Å². The van der Waals surface area contributed by atoms with Gasteiger partial charge in [-0.2, -0.15) is 4.37 Å². The number of aromatic nitrogens is 1. The van der Waals surface area contributed by atoms with Crippen molar-refractivity contribution in [1.82, 2.24) is 4.37 Å². The van der Waals surface area contributed by atoms with E-state index < -0.39 is 0 Å². The largest absolute Gasteiger partial charge is 0.372 e. The summed E-state index contributed by atoms with van der Waals surface area (Å²) in [5.41, 5.74) is 5.55. The number of hydrogen-bond donors (Lipinski definition) is 1. The summed E-state index contributed by atoms with van der Waals surface area (Å²) >= 11 is 4.81. The molecule has 0 saturated carbocycles. The molecular formula is C7H11BrN2OS. The molecule has 68 valence electrons. The lowest BCUT2D eigenvalue weighted by molar-refractivity contribution is 0.0709. The van der Waals surface area contributed by atoms with Crippen LogP contribution in [0.25, 0.3) is 0 Å². The first-order valence-electron chi connectivity index (χ1n) is 3.71. The van der Waals surface area contributed by atoms with Crippen LogP contribution in [0.2, 0.25) is 0 Å². The zero-order valence-electron chi connectivity index (χ0n) is 6.79. The fourth-order valence-corrected chi connectivity index (χ4v) is 2.30. The van der Waals surface area contributed by atoms with Crippen LogP contribution in [-0.2, 0) is 4.74 Å². The summed E-state index contributed by atoms with van der Waals surface area (Å²) in [5, 5.41) is 0. The summed E-state index contributed by atoms with van der Waals surface area (Å²) in [6.45, 7) is 3.12. The maximum atomic E-state index is 5.55. The van der Waals surface area contributed by atoms with Crippen LogP contribution < -0.4 is 5.73 Å². The Balaban J connectivity index is 2.72. The monoisotopic (exact) mass is 250 g/mol. The van der Waals surface area contributed by atoms with Gasteiger partial charge in [-0.15, -0.1) is 0 Å². The van der Waals surface area contributed by atoms with E-state index in [4.69, 9.17) is 10.5 Å². The van der Waals surface area contributed by atoms with Gasteiger partial charge >= 0.3 is 0 Å². The van der Waals surface area contributed by atoms with Crippen molar-refractivity contribution in [2.45, 2.75) is 13.0 Å². The van der Waals surface area contributed by atoms with Crippen LogP contribution >= 0.6 is 27.5 Å². The highest BCUT2D eigenvalue weighted by molar-refractivity contribution is 9.10. The molecule has 0 aliphatic carbocycles. The molecule has 0 fully saturated rings. The number of rotatable bonds is 4. The summed E-state index contributed by atoms with van der Waals surface area (Å²) in [6, 6.07) is 0. The minimum absolute atomic E-state index is 0.0168. The lowest BCUT2D eigenvalue weighted by Crippen LogP contribution is -2.14. The molecule has 12 heavy (non-hydrogen) atoms. The van der Waals surface area contributed by atoms with Gasteiger partial charge in [0.25, 0.3) is 0 Å². The Morgan fingerprint density at radius 1 is 1.83 bits per heavy atom. The normalized spacial score (nSPS) is 13.2. The Labute approximate surface area is 84.2 Å². The molecule has 1 aromatic rings. The van der Waals surface area contributed by atoms with Gasteiger partial charge in [-0.1, -0.05) is 0 Å². The predicted octanol–water partition coefficient (Wildman–Crippen LogP) is 1.94. The first-order valence-corrected chi connectivity index (χ1v) is 5.28. The Morgan fingerprint density at radius 2 is 2.58 bits per heavy atom. The second-order valence-corrected chi connectivity index (χ2v) is 3.91. The van der Waals surface area contributed by atoms with E-state index in [1.807, 2.05) is 6.92 Å². The van der Waals surface area contributed by atoms with E-state index in [-0.39, 0.29) is 6.10 Å². The van der Waals surface area contributed by atoms with Gasteiger partial charge < -0.3 is 10.5 Å². The molecular weight excluding hydrogens is 240 g/mol. The van der Waals surface area contributed by atoms with E-state index >= 15 is 0 Å². The number of nitrogens with zero attached hydrogens (tertiary/aromatic N) is 1. The molecule has 2 N–H and O–H groups in total. The molecule has 3 nitrogen and oxygen atoms in total. The Kier molecular flexibility index (Phi) is 4.14. The van der Waals surface area contributed by atoms with E-state index in [0.717, 1.165) is 9.35 Å². The van der Waals surface area contributed by atoms with Gasteiger partial charge in [-0.05, 0) is 34.4 Å². The maximum absolute atomic E-state index is 5.55. The van der Waals surface area contributed by atoms with Crippen LogP contribution in [0, 0.1) is 0 Å². The molecule has 1 unspecified atom stereocenters. The Bertz CT molecular complexity index is 241. The third kappa shape index (κ3) is 2.26. The zero-order chi connectivity index (χ0) is 8.97. The highest BCUT2D eigenvalue weighted by Crippen LogP contribution is 2.28. The maximum Gasteiger partial charge on any atom is 0.107 e. The fraction of sp³-hybridized carbons (Fsp3) is 0.571. The van der Waals surface area contributed by atoms with Crippen molar-refractivity contribution >= 4 is 27.5 Å². The van der Waals surface area contributed by atoms with Crippen molar-refractivity contribution in [2.75, 3.05) is 13.2 Å². The van der Waals surface area contributed by atoms with Crippen LogP contribution in [0.3, 0.4) is 0 Å². The number of nitrogens with two attached hydrogens (primary N) is 1. The van der Waals surface area contributed by atoms with Crippen LogP contribution in [0.5, 0.6) is 0 Å². The third-order valence-corrected chi connectivity index (χ3v) is 3.21. The molecule has 0 saturated heterocycles. The second kappa shape index (κ2) is 4.91. The average Bonchev–Trinajstić information content (AvgIpc) is 2.47. The summed E-state index contributed by atoms with van der Waals surface area (Å²) < 4.78 is 10.4. The lowest BCUT2D eigenvalue weighted by atomic mass is 10.3. The molecule has 0 bridgehead atoms. The van der Waals surface area contributed by atoms with E-state index in [1.54, 1.807) is 6.20 Å². The minimum atomic E-state index is -0.0168. The first kappa shape index (κ1) is 10.1. The van der Waals surface area contributed by atoms with Crippen LogP contribution in [0.15, 0.2) is 10.7 Å². The van der Waals surface area contributed by atoms with Gasteiger partial charge in [0.1, 0.15) is 6.10 Å². The van der Waals surface area contributed by atoms with E-state index in [0.29, 0.717) is 13.2 Å². The summed E-state index contributed by atoms with van der Waals surface area (Å²) in [5.74, 6) is 0. The van der Waals surface area contributed by atoms with Crippen molar-refractivity contribution in [3.8, 4) is 0 Å². The quantitative estimate of drug-likeness (QED) is 0.889. The number of hydrogen-bond acceptors (Lipinski definition) is 4. The Hall–Kier alpha value is 0.0300. The zero-order valence-corrected chi connectivity index (χ0v) is 9.19. The van der Waals surface area contributed by atoms with E-state index in [2.05, 4.69) is 20.3 Å². The second-order valence-electron chi connectivity index (χ2n) is 2.22. The van der Waals surface area contributed by atoms with Crippen molar-refractivity contribution in [3.05, 3.63) is 15.5 Å². The van der Waals surface area contributed by atoms with Gasteiger partial charge in [0.2, 0.25) is 0 Å². The molecule has 0 amide bonds. The molecule has 1 heterocycles. The van der Waals surface area contributed by atoms with Crippen molar-refractivity contribution in [1.29, 1.82) is 0 Å². The fourth-order valence-electron chi connectivity index (χ4n) is 0.901. The molecule has 0 aliphatic heterocycles. The number of ether oxygens (including phenoxy) is 1. The molecule has 0 radical (unpaired) electrons. The summed E-state index contributed by atoms with van der Waals surface area (Å²) in [6.07, 6.45) is 1.75. The number of halogens is 1. The molecule has 0 spiro atoms. The SMILES string of the molecule is CCOC(CN)c1sncc1Br. The van der Waals surface area contributed by atoms with Crippen LogP contribution in [-0.4, -0.2) is 17.5 Å². The molecule has 1 atom stereocenters. The minimum Gasteiger partial charge on any atom is -0.372 e. The molecule has 0 aromatic carbocycles. The topological polar surface area (TPSA) is 48.1 Å². The smallest absolute Gasteiger partial charge is 0.107 e. The highest BCUT2D eigenvalue weighted by Gasteiger charge is 2.14. The standard InChI is InChI=1S/C7H11BrN2OS/c1-2-11-6(3-9)7-5(8)4-10-12-7/h4,6H,2-3,9H2,1H3.